The third kappa shape index (κ3) is 3.70. The smallest absolute Gasteiger partial charge is 0.169 e. The highest BCUT2D eigenvalue weighted by atomic mass is 35.5. The number of fused-ring (bicyclic) bond motifs is 1. The maximum Gasteiger partial charge on any atom is 0.169 e. The summed E-state index contributed by atoms with van der Waals surface area (Å²) in [5.41, 5.74) is 3.28. The Labute approximate surface area is 161 Å². The van der Waals surface area contributed by atoms with Gasteiger partial charge in [0, 0.05) is 53.3 Å². The molecular weight excluding hydrogens is 366 g/mol. The summed E-state index contributed by atoms with van der Waals surface area (Å²) in [4.78, 5) is 25.2. The lowest BCUT2D eigenvalue weighted by Crippen LogP contribution is -2.30. The van der Waals surface area contributed by atoms with Crippen molar-refractivity contribution in [1.29, 1.82) is 0 Å². The number of rotatable bonds is 4. The van der Waals surface area contributed by atoms with Crippen LogP contribution in [-0.4, -0.2) is 27.2 Å². The molecule has 6 heteroatoms. The van der Waals surface area contributed by atoms with Crippen LogP contribution in [0.15, 0.2) is 42.6 Å². The van der Waals surface area contributed by atoms with Crippen LogP contribution in [0.5, 0.6) is 0 Å². The molecule has 26 heavy (non-hydrogen) atoms. The van der Waals surface area contributed by atoms with Gasteiger partial charge in [-0.1, -0.05) is 11.6 Å². The zero-order chi connectivity index (χ0) is 18.1. The predicted molar refractivity (Wildman–Crippen MR) is 105 cm³/mol. The number of hydrogen-bond donors (Lipinski definition) is 0. The summed E-state index contributed by atoms with van der Waals surface area (Å²) in [7, 11) is 0. The van der Waals surface area contributed by atoms with E-state index in [9.17, 15) is 4.79 Å². The molecule has 4 rings (SSSR count). The highest BCUT2D eigenvalue weighted by Crippen LogP contribution is 2.25. The van der Waals surface area contributed by atoms with Gasteiger partial charge in [-0.15, -0.1) is 11.3 Å². The van der Waals surface area contributed by atoms with Gasteiger partial charge < -0.3 is 0 Å². The molecule has 0 saturated heterocycles. The van der Waals surface area contributed by atoms with Crippen LogP contribution in [0.2, 0.25) is 5.02 Å². The summed E-state index contributed by atoms with van der Waals surface area (Å²) >= 11 is 7.54. The summed E-state index contributed by atoms with van der Waals surface area (Å²) in [6.07, 6.45) is 2.84. The van der Waals surface area contributed by atoms with Gasteiger partial charge in [0.2, 0.25) is 0 Å². The van der Waals surface area contributed by atoms with Crippen molar-refractivity contribution in [3.05, 3.63) is 68.6 Å². The lowest BCUT2D eigenvalue weighted by molar-refractivity contribution is 0.102. The standard InChI is InChI=1S/C20H18ClN3OS/c1-13(25)19-7-6-17(26-19)12-24-9-8-18-15(11-24)10-22-20(23-18)14-2-4-16(21)5-3-14/h2-7,10H,8-9,11-12H2,1H3. The maximum atomic E-state index is 11.5. The highest BCUT2D eigenvalue weighted by molar-refractivity contribution is 7.14. The summed E-state index contributed by atoms with van der Waals surface area (Å²) < 4.78 is 0. The van der Waals surface area contributed by atoms with Crippen LogP contribution in [0.3, 0.4) is 0 Å². The molecule has 0 amide bonds. The van der Waals surface area contributed by atoms with Gasteiger partial charge in [-0.2, -0.15) is 0 Å². The van der Waals surface area contributed by atoms with E-state index in [-0.39, 0.29) is 5.78 Å². The van der Waals surface area contributed by atoms with Crippen molar-refractivity contribution < 1.29 is 4.79 Å². The SMILES string of the molecule is CC(=O)c1ccc(CN2CCc3nc(-c4ccc(Cl)cc4)ncc3C2)s1. The van der Waals surface area contributed by atoms with Gasteiger partial charge in [0.25, 0.3) is 0 Å². The van der Waals surface area contributed by atoms with Gasteiger partial charge in [0.1, 0.15) is 0 Å². The van der Waals surface area contributed by atoms with E-state index in [1.165, 1.54) is 10.4 Å². The molecule has 2 aromatic heterocycles. The lowest BCUT2D eigenvalue weighted by atomic mass is 10.1. The summed E-state index contributed by atoms with van der Waals surface area (Å²) in [6, 6.07) is 11.6. The first-order valence-electron chi connectivity index (χ1n) is 8.51. The van der Waals surface area contributed by atoms with E-state index in [1.807, 2.05) is 36.5 Å². The summed E-state index contributed by atoms with van der Waals surface area (Å²) in [5.74, 6) is 0.881. The third-order valence-corrected chi connectivity index (χ3v) is 5.93. The molecule has 4 nitrogen and oxygen atoms in total. The van der Waals surface area contributed by atoms with Crippen molar-refractivity contribution in [3.8, 4) is 11.4 Å². The van der Waals surface area contributed by atoms with Crippen LogP contribution in [0, 0.1) is 0 Å². The molecule has 0 spiro atoms. The molecule has 0 atom stereocenters. The molecule has 0 saturated carbocycles. The minimum absolute atomic E-state index is 0.133. The number of nitrogens with zero attached hydrogens (tertiary/aromatic N) is 3. The molecule has 1 aliphatic heterocycles. The van der Waals surface area contributed by atoms with Crippen molar-refractivity contribution in [2.45, 2.75) is 26.4 Å². The average Bonchev–Trinajstić information content (AvgIpc) is 3.11. The molecule has 0 bridgehead atoms. The normalized spacial score (nSPS) is 14.2. The first-order chi connectivity index (χ1) is 12.6. The Kier molecular flexibility index (Phi) is 4.85. The number of carbonyl (C=O) groups excluding carboxylic acids is 1. The van der Waals surface area contributed by atoms with Crippen LogP contribution in [0.1, 0.15) is 32.7 Å². The zero-order valence-corrected chi connectivity index (χ0v) is 16.0. The minimum Gasteiger partial charge on any atom is -0.294 e. The average molecular weight is 384 g/mol. The summed E-state index contributed by atoms with van der Waals surface area (Å²) in [6.45, 7) is 4.26. The third-order valence-electron chi connectivity index (χ3n) is 4.50. The summed E-state index contributed by atoms with van der Waals surface area (Å²) in [5, 5.41) is 0.712. The fourth-order valence-electron chi connectivity index (χ4n) is 3.12. The molecule has 0 radical (unpaired) electrons. The second-order valence-corrected chi connectivity index (χ2v) is 8.06. The predicted octanol–water partition coefficient (Wildman–Crippen LogP) is 4.62. The zero-order valence-electron chi connectivity index (χ0n) is 14.4. The van der Waals surface area contributed by atoms with Gasteiger partial charge in [-0.05, 0) is 43.3 Å². The second kappa shape index (κ2) is 7.27. The maximum absolute atomic E-state index is 11.5. The van der Waals surface area contributed by atoms with Crippen LogP contribution >= 0.6 is 22.9 Å². The molecule has 0 N–H and O–H groups in total. The van der Waals surface area contributed by atoms with Gasteiger partial charge in [-0.3, -0.25) is 9.69 Å². The molecule has 1 aromatic carbocycles. The number of hydrogen-bond acceptors (Lipinski definition) is 5. The van der Waals surface area contributed by atoms with Crippen molar-refractivity contribution in [2.24, 2.45) is 0 Å². The van der Waals surface area contributed by atoms with E-state index in [0.29, 0.717) is 5.02 Å². The van der Waals surface area contributed by atoms with Crippen molar-refractivity contribution in [3.63, 3.8) is 0 Å². The van der Waals surface area contributed by atoms with E-state index in [4.69, 9.17) is 16.6 Å². The molecule has 0 fully saturated rings. The number of ketones is 1. The van der Waals surface area contributed by atoms with Crippen LogP contribution < -0.4 is 0 Å². The highest BCUT2D eigenvalue weighted by Gasteiger charge is 2.19. The van der Waals surface area contributed by atoms with Crippen molar-refractivity contribution in [1.82, 2.24) is 14.9 Å². The number of halogens is 1. The Morgan fingerprint density at radius 2 is 2.04 bits per heavy atom. The number of thiophene rings is 1. The van der Waals surface area contributed by atoms with Crippen molar-refractivity contribution >= 4 is 28.7 Å². The molecule has 3 aromatic rings. The van der Waals surface area contributed by atoms with E-state index < -0.39 is 0 Å². The lowest BCUT2D eigenvalue weighted by Gasteiger charge is -2.27. The largest absolute Gasteiger partial charge is 0.294 e. The Balaban J connectivity index is 1.48. The molecule has 1 aliphatic rings. The van der Waals surface area contributed by atoms with E-state index in [1.54, 1.807) is 18.3 Å². The van der Waals surface area contributed by atoms with Crippen LogP contribution in [0.25, 0.3) is 11.4 Å². The van der Waals surface area contributed by atoms with Gasteiger partial charge in [0.05, 0.1) is 10.6 Å². The van der Waals surface area contributed by atoms with Crippen molar-refractivity contribution in [2.75, 3.05) is 6.54 Å². The number of benzene rings is 1. The molecule has 0 unspecified atom stereocenters. The topological polar surface area (TPSA) is 46.1 Å². The van der Waals surface area contributed by atoms with E-state index in [2.05, 4.69) is 16.0 Å². The number of carbonyl (C=O) groups is 1. The van der Waals surface area contributed by atoms with E-state index in [0.717, 1.165) is 48.0 Å². The Hall–Kier alpha value is -2.08. The Bertz CT molecular complexity index is 952. The number of Topliss-reactive ketones (excluding diaryl/α,β-unsaturated/α-hetero) is 1. The van der Waals surface area contributed by atoms with Gasteiger partial charge >= 0.3 is 0 Å². The van der Waals surface area contributed by atoms with Gasteiger partial charge in [0.15, 0.2) is 11.6 Å². The fourth-order valence-corrected chi connectivity index (χ4v) is 4.19. The monoisotopic (exact) mass is 383 g/mol. The van der Waals surface area contributed by atoms with Crippen LogP contribution in [0.4, 0.5) is 0 Å². The first kappa shape index (κ1) is 17.3. The second-order valence-electron chi connectivity index (χ2n) is 6.46. The minimum atomic E-state index is 0.133. The first-order valence-corrected chi connectivity index (χ1v) is 9.70. The number of aromatic nitrogens is 2. The molecule has 132 valence electrons. The molecule has 0 aliphatic carbocycles. The van der Waals surface area contributed by atoms with Crippen LogP contribution in [-0.2, 0) is 19.5 Å². The Morgan fingerprint density at radius 3 is 2.77 bits per heavy atom. The van der Waals surface area contributed by atoms with E-state index >= 15 is 0 Å². The quantitative estimate of drug-likeness (QED) is 0.617. The molecule has 3 heterocycles. The Morgan fingerprint density at radius 1 is 1.23 bits per heavy atom. The van der Waals surface area contributed by atoms with Gasteiger partial charge in [-0.25, -0.2) is 9.97 Å². The molecular formula is C20H18ClN3OS. The fraction of sp³-hybridized carbons (Fsp3) is 0.250.